The molecule has 1 fully saturated rings. The predicted molar refractivity (Wildman–Crippen MR) is 93.7 cm³/mol. The summed E-state index contributed by atoms with van der Waals surface area (Å²) in [6.07, 6.45) is -1.50. The fourth-order valence-corrected chi connectivity index (χ4v) is 4.61. The number of azo groups is 1. The van der Waals surface area contributed by atoms with Crippen LogP contribution < -0.4 is 0 Å². The Labute approximate surface area is 166 Å². The van der Waals surface area contributed by atoms with E-state index in [1.54, 1.807) is 24.3 Å². The minimum atomic E-state index is -3.83. The van der Waals surface area contributed by atoms with Crippen molar-refractivity contribution >= 4 is 11.6 Å². The smallest absolute Gasteiger partial charge is 0.298 e. The van der Waals surface area contributed by atoms with Crippen molar-refractivity contribution in [2.45, 2.75) is 34.3 Å². The van der Waals surface area contributed by atoms with Crippen LogP contribution in [-0.4, -0.2) is 22.2 Å². The van der Waals surface area contributed by atoms with Crippen LogP contribution in [-0.2, 0) is 4.74 Å². The van der Waals surface area contributed by atoms with E-state index in [1.165, 1.54) is 36.4 Å². The van der Waals surface area contributed by atoms with E-state index in [1.807, 2.05) is 0 Å². The molecule has 0 aromatic heterocycles. The third kappa shape index (κ3) is 1.96. The van der Waals surface area contributed by atoms with Gasteiger partial charge in [-0.25, -0.2) is 22.0 Å². The van der Waals surface area contributed by atoms with Gasteiger partial charge in [0.25, 0.3) is 16.6 Å². The Morgan fingerprint density at radius 1 is 0.828 bits per heavy atom. The van der Waals surface area contributed by atoms with Crippen molar-refractivity contribution in [2.24, 2.45) is 10.2 Å². The van der Waals surface area contributed by atoms with Crippen molar-refractivity contribution in [1.29, 1.82) is 0 Å². The fraction of sp³-hybridized carbons (Fsp3) is 0.300. The Morgan fingerprint density at radius 2 is 1.38 bits per heavy atom. The molecule has 1 spiro atoms. The number of fused-ring (bicyclic) bond motifs is 2. The van der Waals surface area contributed by atoms with Crippen molar-refractivity contribution in [2.75, 3.05) is 0 Å². The first-order valence-corrected chi connectivity index (χ1v) is 9.11. The standard InChI is InChI=1S/C20H12ClF5N2O/c21-19(25)14(23)13(22)17(24)15(11-7-3-1-4-8-11)27-28-20(17,26)18(19)16(29-18)12-9-5-2-6-10-12/h1-10,15-16H/t15?,16?,17-,18?,19-,20-/m1/s1. The van der Waals surface area contributed by atoms with Gasteiger partial charge in [-0.05, 0) is 11.1 Å². The molecule has 9 heteroatoms. The second kappa shape index (κ2) is 5.64. The molecule has 0 radical (unpaired) electrons. The van der Waals surface area contributed by atoms with Gasteiger partial charge in [0, 0.05) is 0 Å². The van der Waals surface area contributed by atoms with Crippen LogP contribution in [0, 0.1) is 0 Å². The van der Waals surface area contributed by atoms with Crippen molar-refractivity contribution in [1.82, 2.24) is 0 Å². The number of hydrogen-bond acceptors (Lipinski definition) is 3. The summed E-state index contributed by atoms with van der Waals surface area (Å²) in [6.45, 7) is 0. The molecule has 1 saturated heterocycles. The molecule has 1 aliphatic carbocycles. The van der Waals surface area contributed by atoms with Crippen molar-refractivity contribution in [3.05, 3.63) is 83.4 Å². The zero-order chi connectivity index (χ0) is 20.7. The number of rotatable bonds is 2. The Hall–Kier alpha value is -2.32. The van der Waals surface area contributed by atoms with Crippen LogP contribution in [0.15, 0.2) is 82.5 Å². The van der Waals surface area contributed by atoms with Crippen LogP contribution in [0.2, 0.25) is 0 Å². The normalized spacial score (nSPS) is 43.0. The number of alkyl halides is 4. The minimum Gasteiger partial charge on any atom is -0.350 e. The Balaban J connectivity index is 1.73. The highest BCUT2D eigenvalue weighted by molar-refractivity contribution is 6.26. The molecule has 0 amide bonds. The number of hydrogen-bond donors (Lipinski definition) is 0. The zero-order valence-corrected chi connectivity index (χ0v) is 15.3. The largest absolute Gasteiger partial charge is 0.350 e. The number of ether oxygens (including phenoxy) is 1. The zero-order valence-electron chi connectivity index (χ0n) is 14.5. The second-order valence-corrected chi connectivity index (χ2v) is 7.73. The number of halogens is 6. The Kier molecular flexibility index (Phi) is 3.63. The monoisotopic (exact) mass is 426 g/mol. The molecule has 5 rings (SSSR count). The first kappa shape index (κ1) is 18.7. The summed E-state index contributed by atoms with van der Waals surface area (Å²) in [5.41, 5.74) is -6.49. The van der Waals surface area contributed by atoms with Gasteiger partial charge in [0.2, 0.25) is 5.60 Å². The molecule has 0 bridgehead atoms. The summed E-state index contributed by atoms with van der Waals surface area (Å²) in [4.78, 5) is 0. The van der Waals surface area contributed by atoms with Crippen molar-refractivity contribution in [3.8, 4) is 0 Å². The van der Waals surface area contributed by atoms with Crippen molar-refractivity contribution < 1.29 is 26.7 Å². The van der Waals surface area contributed by atoms with Gasteiger partial charge in [-0.2, -0.15) is 5.11 Å². The lowest BCUT2D eigenvalue weighted by atomic mass is 9.68. The average molecular weight is 427 g/mol. The van der Waals surface area contributed by atoms with Crippen LogP contribution in [0.4, 0.5) is 22.0 Å². The molecule has 0 N–H and O–H groups in total. The van der Waals surface area contributed by atoms with Crippen LogP contribution in [0.1, 0.15) is 23.3 Å². The molecular weight excluding hydrogens is 415 g/mol. The van der Waals surface area contributed by atoms with Gasteiger partial charge < -0.3 is 4.74 Å². The topological polar surface area (TPSA) is 37.2 Å². The summed E-state index contributed by atoms with van der Waals surface area (Å²) in [5, 5.41) is 2.99. The summed E-state index contributed by atoms with van der Waals surface area (Å²) in [5.74, 6) is -8.33. The predicted octanol–water partition coefficient (Wildman–Crippen LogP) is 6.15. The van der Waals surface area contributed by atoms with E-state index >= 15 is 13.2 Å². The highest BCUT2D eigenvalue weighted by atomic mass is 35.5. The summed E-state index contributed by atoms with van der Waals surface area (Å²) in [7, 11) is 0. The molecule has 2 heterocycles. The molecule has 3 nitrogen and oxygen atoms in total. The quantitative estimate of drug-likeness (QED) is 0.246. The van der Waals surface area contributed by atoms with Gasteiger partial charge in [0.15, 0.2) is 11.7 Å². The molecule has 6 atom stereocenters. The van der Waals surface area contributed by atoms with Gasteiger partial charge in [0.05, 0.1) is 0 Å². The lowest BCUT2D eigenvalue weighted by molar-refractivity contribution is -0.119. The van der Waals surface area contributed by atoms with E-state index in [4.69, 9.17) is 16.3 Å². The fourth-order valence-electron chi connectivity index (χ4n) is 4.25. The van der Waals surface area contributed by atoms with E-state index < -0.39 is 46.0 Å². The maximum absolute atomic E-state index is 16.2. The van der Waals surface area contributed by atoms with E-state index in [2.05, 4.69) is 10.2 Å². The van der Waals surface area contributed by atoms with E-state index in [0.29, 0.717) is 0 Å². The third-order valence-corrected chi connectivity index (χ3v) is 6.20. The molecule has 150 valence electrons. The Bertz CT molecular complexity index is 1050. The molecule has 0 saturated carbocycles. The van der Waals surface area contributed by atoms with Crippen LogP contribution in [0.25, 0.3) is 0 Å². The molecule has 3 aliphatic rings. The molecule has 3 unspecified atom stereocenters. The van der Waals surface area contributed by atoms with Crippen LogP contribution in [0.5, 0.6) is 0 Å². The summed E-state index contributed by atoms with van der Waals surface area (Å²) < 4.78 is 82.6. The summed E-state index contributed by atoms with van der Waals surface area (Å²) >= 11 is 5.66. The number of epoxide rings is 1. The molecule has 29 heavy (non-hydrogen) atoms. The minimum absolute atomic E-state index is 0.0363. The van der Waals surface area contributed by atoms with E-state index in [0.717, 1.165) is 0 Å². The highest BCUT2D eigenvalue weighted by Crippen LogP contribution is 2.77. The van der Waals surface area contributed by atoms with Gasteiger partial charge >= 0.3 is 0 Å². The van der Waals surface area contributed by atoms with Crippen LogP contribution >= 0.6 is 11.6 Å². The molecule has 2 aromatic carbocycles. The maximum atomic E-state index is 16.2. The van der Waals surface area contributed by atoms with Gasteiger partial charge in [-0.1, -0.05) is 72.3 Å². The number of nitrogens with zero attached hydrogens (tertiary/aromatic N) is 2. The lowest BCUT2D eigenvalue weighted by Gasteiger charge is -2.43. The SMILES string of the molecule is FC1=C(F)[C@@]2(F)C(c3ccccc3)N=N[C@@]2(F)C2(OC2c2ccccc2)[C@@]1(F)Cl. The first-order valence-electron chi connectivity index (χ1n) is 8.73. The maximum Gasteiger partial charge on any atom is 0.298 e. The Morgan fingerprint density at radius 3 is 1.97 bits per heavy atom. The van der Waals surface area contributed by atoms with Gasteiger partial charge in [0.1, 0.15) is 12.1 Å². The third-order valence-electron chi connectivity index (χ3n) is 5.75. The lowest BCUT2D eigenvalue weighted by Crippen LogP contribution is -2.66. The van der Waals surface area contributed by atoms with E-state index in [9.17, 15) is 8.78 Å². The average Bonchev–Trinajstić information content (AvgIpc) is 3.45. The second-order valence-electron chi connectivity index (χ2n) is 7.21. The molecule has 2 aliphatic heterocycles. The first-order chi connectivity index (χ1) is 13.7. The van der Waals surface area contributed by atoms with E-state index in [-0.39, 0.29) is 11.1 Å². The van der Waals surface area contributed by atoms with Gasteiger partial charge in [-0.3, -0.25) is 0 Å². The van der Waals surface area contributed by atoms with Crippen LogP contribution in [0.3, 0.4) is 0 Å². The number of benzene rings is 2. The molecule has 2 aromatic rings. The highest BCUT2D eigenvalue weighted by Gasteiger charge is 2.94. The van der Waals surface area contributed by atoms with Gasteiger partial charge in [-0.15, -0.1) is 5.11 Å². The molecular formula is C20H12ClF5N2O. The van der Waals surface area contributed by atoms with Crippen molar-refractivity contribution in [3.63, 3.8) is 0 Å². The summed E-state index contributed by atoms with van der Waals surface area (Å²) in [6, 6.07) is 13.0.